The predicted octanol–water partition coefficient (Wildman–Crippen LogP) is 3.24. The molecule has 2 aromatic rings. The molecule has 0 atom stereocenters. The number of aryl methyl sites for hydroxylation is 2. The van der Waals surface area contributed by atoms with E-state index >= 15 is 0 Å². The molecule has 0 fully saturated rings. The zero-order valence-corrected chi connectivity index (χ0v) is 10.4. The number of carboxylic acids is 1. The summed E-state index contributed by atoms with van der Waals surface area (Å²) in [5.74, 6) is -0.762. The van der Waals surface area contributed by atoms with E-state index in [1.54, 1.807) is 0 Å². The molecule has 1 N–H and O–H groups in total. The summed E-state index contributed by atoms with van der Waals surface area (Å²) in [6, 6.07) is 5.99. The van der Waals surface area contributed by atoms with Gasteiger partial charge in [-0.15, -0.1) is 0 Å². The molecule has 0 amide bonds. The third kappa shape index (κ3) is 2.44. The maximum Gasteiger partial charge on any atom is 0.303 e. The van der Waals surface area contributed by atoms with Crippen LogP contribution in [-0.2, 0) is 18.3 Å². The minimum absolute atomic E-state index is 0.184. The lowest BCUT2D eigenvalue weighted by molar-refractivity contribution is -0.137. The molecular formula is C13H14ClNO2. The highest BCUT2D eigenvalue weighted by molar-refractivity contribution is 6.36. The summed E-state index contributed by atoms with van der Waals surface area (Å²) >= 11 is 6.31. The molecule has 0 aliphatic heterocycles. The molecule has 0 saturated heterocycles. The van der Waals surface area contributed by atoms with Gasteiger partial charge in [-0.1, -0.05) is 17.7 Å². The van der Waals surface area contributed by atoms with Crippen LogP contribution in [0, 0.1) is 0 Å². The monoisotopic (exact) mass is 251 g/mol. The van der Waals surface area contributed by atoms with Gasteiger partial charge in [-0.25, -0.2) is 0 Å². The van der Waals surface area contributed by atoms with Gasteiger partial charge in [0.05, 0.1) is 5.02 Å². The molecule has 1 heterocycles. The first-order chi connectivity index (χ1) is 8.09. The first-order valence-corrected chi connectivity index (χ1v) is 5.91. The quantitative estimate of drug-likeness (QED) is 0.907. The van der Waals surface area contributed by atoms with Crippen molar-refractivity contribution in [3.63, 3.8) is 0 Å². The van der Waals surface area contributed by atoms with Gasteiger partial charge in [-0.3, -0.25) is 4.79 Å². The van der Waals surface area contributed by atoms with E-state index in [-0.39, 0.29) is 6.42 Å². The summed E-state index contributed by atoms with van der Waals surface area (Å²) in [5, 5.41) is 10.4. The van der Waals surface area contributed by atoms with E-state index < -0.39 is 5.97 Å². The molecule has 0 radical (unpaired) electrons. The Morgan fingerprint density at radius 1 is 1.41 bits per heavy atom. The van der Waals surface area contributed by atoms with Crippen LogP contribution in [0.1, 0.15) is 18.4 Å². The Balaban J connectivity index is 2.24. The fourth-order valence-corrected chi connectivity index (χ4v) is 2.30. The molecule has 90 valence electrons. The number of nitrogens with zero attached hydrogens (tertiary/aromatic N) is 1. The lowest BCUT2D eigenvalue weighted by atomic mass is 10.1. The maximum atomic E-state index is 10.5. The number of hydrogen-bond acceptors (Lipinski definition) is 1. The summed E-state index contributed by atoms with van der Waals surface area (Å²) in [6.45, 7) is 0. The Labute approximate surface area is 105 Å². The second kappa shape index (κ2) is 4.80. The molecule has 1 aromatic carbocycles. The number of carbonyl (C=O) groups is 1. The third-order valence-electron chi connectivity index (χ3n) is 2.92. The van der Waals surface area contributed by atoms with Gasteiger partial charge in [0.25, 0.3) is 0 Å². The van der Waals surface area contributed by atoms with Crippen LogP contribution in [-0.4, -0.2) is 15.6 Å². The van der Waals surface area contributed by atoms with Crippen molar-refractivity contribution in [2.45, 2.75) is 19.3 Å². The number of halogens is 1. The number of fused-ring (bicyclic) bond motifs is 1. The Morgan fingerprint density at radius 2 is 2.18 bits per heavy atom. The first kappa shape index (κ1) is 12.0. The van der Waals surface area contributed by atoms with Crippen molar-refractivity contribution in [2.24, 2.45) is 7.05 Å². The second-order valence-electron chi connectivity index (χ2n) is 4.15. The number of hydrogen-bond donors (Lipinski definition) is 1. The zero-order valence-electron chi connectivity index (χ0n) is 9.61. The zero-order chi connectivity index (χ0) is 12.4. The van der Waals surface area contributed by atoms with E-state index in [4.69, 9.17) is 16.7 Å². The van der Waals surface area contributed by atoms with Crippen molar-refractivity contribution >= 4 is 28.5 Å². The molecule has 0 saturated carbocycles. The fraction of sp³-hybridized carbons (Fsp3) is 0.308. The average molecular weight is 252 g/mol. The fourth-order valence-electron chi connectivity index (χ4n) is 1.98. The van der Waals surface area contributed by atoms with E-state index in [0.717, 1.165) is 21.5 Å². The van der Waals surface area contributed by atoms with E-state index in [9.17, 15) is 4.79 Å². The molecule has 0 aliphatic carbocycles. The van der Waals surface area contributed by atoms with E-state index in [0.29, 0.717) is 12.8 Å². The molecule has 0 unspecified atom stereocenters. The predicted molar refractivity (Wildman–Crippen MR) is 68.5 cm³/mol. The van der Waals surface area contributed by atoms with Gasteiger partial charge < -0.3 is 9.67 Å². The van der Waals surface area contributed by atoms with Crippen LogP contribution < -0.4 is 0 Å². The Bertz CT molecular complexity index is 560. The van der Waals surface area contributed by atoms with Crippen LogP contribution in [0.15, 0.2) is 24.4 Å². The van der Waals surface area contributed by atoms with Crippen molar-refractivity contribution in [2.75, 3.05) is 0 Å². The number of aliphatic carboxylic acids is 1. The Morgan fingerprint density at radius 3 is 2.88 bits per heavy atom. The molecule has 2 rings (SSSR count). The highest BCUT2D eigenvalue weighted by atomic mass is 35.5. The SMILES string of the molecule is Cn1ccc2c(Cl)c(CCCC(=O)O)ccc21. The van der Waals surface area contributed by atoms with Crippen LogP contribution in [0.25, 0.3) is 10.9 Å². The topological polar surface area (TPSA) is 42.2 Å². The molecule has 3 nitrogen and oxygen atoms in total. The summed E-state index contributed by atoms with van der Waals surface area (Å²) in [5.41, 5.74) is 2.11. The van der Waals surface area contributed by atoms with Crippen LogP contribution in [0.3, 0.4) is 0 Å². The van der Waals surface area contributed by atoms with Crippen LogP contribution >= 0.6 is 11.6 Å². The minimum Gasteiger partial charge on any atom is -0.481 e. The lowest BCUT2D eigenvalue weighted by Crippen LogP contribution is -1.96. The highest BCUT2D eigenvalue weighted by Crippen LogP contribution is 2.28. The maximum absolute atomic E-state index is 10.5. The summed E-state index contributed by atoms with van der Waals surface area (Å²) in [4.78, 5) is 10.5. The lowest BCUT2D eigenvalue weighted by Gasteiger charge is -2.05. The molecule has 1 aromatic heterocycles. The van der Waals surface area contributed by atoms with Crippen molar-refractivity contribution in [3.05, 3.63) is 35.0 Å². The number of carboxylic acid groups (broad SMARTS) is 1. The number of benzene rings is 1. The molecule has 0 bridgehead atoms. The molecular weight excluding hydrogens is 238 g/mol. The van der Waals surface area contributed by atoms with Crippen molar-refractivity contribution in [1.29, 1.82) is 0 Å². The third-order valence-corrected chi connectivity index (χ3v) is 3.36. The van der Waals surface area contributed by atoms with Crippen LogP contribution in [0.4, 0.5) is 0 Å². The standard InChI is InChI=1S/C13H14ClNO2/c1-15-8-7-10-11(15)6-5-9(13(10)14)3-2-4-12(16)17/h5-8H,2-4H2,1H3,(H,16,17). The normalized spacial score (nSPS) is 10.9. The summed E-state index contributed by atoms with van der Waals surface area (Å²) < 4.78 is 2.02. The summed E-state index contributed by atoms with van der Waals surface area (Å²) in [7, 11) is 1.97. The van der Waals surface area contributed by atoms with Gasteiger partial charge in [0.1, 0.15) is 0 Å². The molecule has 0 spiro atoms. The van der Waals surface area contributed by atoms with Crippen molar-refractivity contribution in [1.82, 2.24) is 4.57 Å². The smallest absolute Gasteiger partial charge is 0.303 e. The Hall–Kier alpha value is -1.48. The van der Waals surface area contributed by atoms with Gasteiger partial charge in [0.15, 0.2) is 0 Å². The van der Waals surface area contributed by atoms with Gasteiger partial charge in [-0.05, 0) is 30.5 Å². The van der Waals surface area contributed by atoms with Crippen LogP contribution in [0.5, 0.6) is 0 Å². The van der Waals surface area contributed by atoms with Gasteiger partial charge in [-0.2, -0.15) is 0 Å². The first-order valence-electron chi connectivity index (χ1n) is 5.54. The Kier molecular flexibility index (Phi) is 3.38. The van der Waals surface area contributed by atoms with E-state index in [1.807, 2.05) is 36.0 Å². The molecule has 17 heavy (non-hydrogen) atoms. The van der Waals surface area contributed by atoms with Gasteiger partial charge in [0.2, 0.25) is 0 Å². The summed E-state index contributed by atoms with van der Waals surface area (Å²) in [6.07, 6.45) is 3.48. The molecule has 4 heteroatoms. The second-order valence-corrected chi connectivity index (χ2v) is 4.52. The van der Waals surface area contributed by atoms with E-state index in [1.165, 1.54) is 0 Å². The van der Waals surface area contributed by atoms with E-state index in [2.05, 4.69) is 0 Å². The largest absolute Gasteiger partial charge is 0.481 e. The van der Waals surface area contributed by atoms with Crippen LogP contribution in [0.2, 0.25) is 5.02 Å². The number of rotatable bonds is 4. The molecule has 0 aliphatic rings. The highest BCUT2D eigenvalue weighted by Gasteiger charge is 2.08. The average Bonchev–Trinajstić information content (AvgIpc) is 2.64. The van der Waals surface area contributed by atoms with Crippen molar-refractivity contribution in [3.8, 4) is 0 Å². The minimum atomic E-state index is -0.762. The van der Waals surface area contributed by atoms with Gasteiger partial charge in [0, 0.05) is 30.6 Å². The number of aromatic nitrogens is 1. The van der Waals surface area contributed by atoms with Crippen molar-refractivity contribution < 1.29 is 9.90 Å². The van der Waals surface area contributed by atoms with Gasteiger partial charge >= 0.3 is 5.97 Å².